The number of halogens is 1. The maximum atomic E-state index is 6.08. The first-order chi connectivity index (χ1) is 8.27. The number of ether oxygens (including phenoxy) is 2. The summed E-state index contributed by atoms with van der Waals surface area (Å²) in [5, 5.41) is 1.07. The van der Waals surface area contributed by atoms with Gasteiger partial charge in [0.2, 0.25) is 0 Å². The van der Waals surface area contributed by atoms with Gasteiger partial charge in [-0.15, -0.1) is 0 Å². The van der Waals surface area contributed by atoms with Crippen LogP contribution in [0.4, 0.5) is 0 Å². The Morgan fingerprint density at radius 3 is 2.41 bits per heavy atom. The van der Waals surface area contributed by atoms with Gasteiger partial charge in [-0.05, 0) is 26.0 Å². The molecular weight excluding hydrogens is 240 g/mol. The van der Waals surface area contributed by atoms with E-state index in [1.807, 2.05) is 26.0 Å². The lowest BCUT2D eigenvalue weighted by molar-refractivity contribution is 0.336. The first-order valence-corrected chi connectivity index (χ1v) is 5.84. The van der Waals surface area contributed by atoms with E-state index in [4.69, 9.17) is 21.1 Å². The summed E-state index contributed by atoms with van der Waals surface area (Å²) < 4.78 is 11.0. The Balaban J connectivity index is 2.67. The molecule has 17 heavy (non-hydrogen) atoms. The van der Waals surface area contributed by atoms with Gasteiger partial charge >= 0.3 is 0 Å². The molecule has 0 saturated heterocycles. The van der Waals surface area contributed by atoms with Crippen LogP contribution in [0.2, 0.25) is 5.15 Å². The van der Waals surface area contributed by atoms with E-state index < -0.39 is 0 Å². The van der Waals surface area contributed by atoms with Crippen LogP contribution in [0.1, 0.15) is 13.8 Å². The van der Waals surface area contributed by atoms with Crippen LogP contribution in [-0.4, -0.2) is 23.2 Å². The predicted molar refractivity (Wildman–Crippen MR) is 66.9 cm³/mol. The molecule has 0 radical (unpaired) electrons. The first kappa shape index (κ1) is 11.9. The van der Waals surface area contributed by atoms with Gasteiger partial charge in [-0.2, -0.15) is 0 Å². The standard InChI is InChI=1S/C12H13ClN2O2/c1-3-16-8-5-6-9(17-4-2)11-10(8)12(13)15-7-14-11/h5-7H,3-4H2,1-2H3. The van der Waals surface area contributed by atoms with Gasteiger partial charge in [0.25, 0.3) is 0 Å². The summed E-state index contributed by atoms with van der Waals surface area (Å²) in [7, 11) is 0. The lowest BCUT2D eigenvalue weighted by atomic mass is 10.2. The average molecular weight is 253 g/mol. The van der Waals surface area contributed by atoms with E-state index in [0.717, 1.165) is 0 Å². The fourth-order valence-corrected chi connectivity index (χ4v) is 1.86. The SMILES string of the molecule is CCOc1ccc(OCC)c2c(Cl)ncnc12. The molecule has 0 atom stereocenters. The molecule has 0 amide bonds. The normalized spacial score (nSPS) is 10.5. The van der Waals surface area contributed by atoms with Crippen molar-refractivity contribution in [2.24, 2.45) is 0 Å². The fraction of sp³-hybridized carbons (Fsp3) is 0.333. The minimum Gasteiger partial charge on any atom is -0.493 e. The highest BCUT2D eigenvalue weighted by molar-refractivity contribution is 6.34. The molecule has 1 aromatic heterocycles. The Kier molecular flexibility index (Phi) is 3.64. The molecule has 0 spiro atoms. The van der Waals surface area contributed by atoms with Crippen LogP contribution in [-0.2, 0) is 0 Å². The van der Waals surface area contributed by atoms with Crippen molar-refractivity contribution in [2.75, 3.05) is 13.2 Å². The molecule has 90 valence electrons. The summed E-state index contributed by atoms with van der Waals surface area (Å²) in [5.74, 6) is 1.37. The Bertz CT molecular complexity index is 531. The summed E-state index contributed by atoms with van der Waals surface area (Å²) in [6.07, 6.45) is 1.42. The smallest absolute Gasteiger partial charge is 0.145 e. The quantitative estimate of drug-likeness (QED) is 0.785. The van der Waals surface area contributed by atoms with Crippen LogP contribution in [0.3, 0.4) is 0 Å². The van der Waals surface area contributed by atoms with Gasteiger partial charge in [-0.1, -0.05) is 11.6 Å². The Labute approximate surface area is 105 Å². The van der Waals surface area contributed by atoms with Gasteiger partial charge in [-0.25, -0.2) is 9.97 Å². The number of benzene rings is 1. The predicted octanol–water partition coefficient (Wildman–Crippen LogP) is 3.08. The molecule has 0 bridgehead atoms. The summed E-state index contributed by atoms with van der Waals surface area (Å²) in [6, 6.07) is 3.66. The first-order valence-electron chi connectivity index (χ1n) is 5.46. The van der Waals surface area contributed by atoms with Crippen molar-refractivity contribution < 1.29 is 9.47 Å². The van der Waals surface area contributed by atoms with Crippen LogP contribution in [0, 0.1) is 0 Å². The van der Waals surface area contributed by atoms with Crippen molar-refractivity contribution in [2.45, 2.75) is 13.8 Å². The van der Waals surface area contributed by atoms with Crippen molar-refractivity contribution >= 4 is 22.5 Å². The second-order valence-electron chi connectivity index (χ2n) is 3.32. The number of nitrogens with zero attached hydrogens (tertiary/aromatic N) is 2. The van der Waals surface area contributed by atoms with E-state index >= 15 is 0 Å². The number of aromatic nitrogens is 2. The molecule has 5 heteroatoms. The summed E-state index contributed by atoms with van der Waals surface area (Å²) >= 11 is 6.08. The maximum absolute atomic E-state index is 6.08. The van der Waals surface area contributed by atoms with Crippen LogP contribution in [0.25, 0.3) is 10.9 Å². The van der Waals surface area contributed by atoms with E-state index in [1.165, 1.54) is 6.33 Å². The Hall–Kier alpha value is -1.55. The lowest BCUT2D eigenvalue weighted by Gasteiger charge is -2.11. The highest BCUT2D eigenvalue weighted by Crippen LogP contribution is 2.35. The molecule has 0 unspecified atom stereocenters. The molecule has 0 aliphatic heterocycles. The molecule has 1 heterocycles. The Morgan fingerprint density at radius 2 is 1.71 bits per heavy atom. The van der Waals surface area contributed by atoms with Gasteiger partial charge in [0.05, 0.1) is 18.6 Å². The second-order valence-corrected chi connectivity index (χ2v) is 3.67. The van der Waals surface area contributed by atoms with Gasteiger partial charge in [0, 0.05) is 0 Å². The second kappa shape index (κ2) is 5.19. The third-order valence-corrected chi connectivity index (χ3v) is 2.55. The minimum absolute atomic E-state index is 0.375. The molecule has 0 N–H and O–H groups in total. The molecule has 0 aliphatic carbocycles. The van der Waals surface area contributed by atoms with Gasteiger partial charge < -0.3 is 9.47 Å². The van der Waals surface area contributed by atoms with Crippen LogP contribution in [0.15, 0.2) is 18.5 Å². The molecule has 2 rings (SSSR count). The van der Waals surface area contributed by atoms with E-state index in [0.29, 0.717) is 40.8 Å². The van der Waals surface area contributed by atoms with Gasteiger partial charge in [-0.3, -0.25) is 0 Å². The molecule has 0 saturated carbocycles. The molecule has 4 nitrogen and oxygen atoms in total. The third-order valence-electron chi connectivity index (χ3n) is 2.27. The Morgan fingerprint density at radius 1 is 1.06 bits per heavy atom. The van der Waals surface area contributed by atoms with Crippen molar-refractivity contribution in [1.29, 1.82) is 0 Å². The van der Waals surface area contributed by atoms with E-state index in [2.05, 4.69) is 9.97 Å². The number of hydrogen-bond acceptors (Lipinski definition) is 4. The van der Waals surface area contributed by atoms with Crippen molar-refractivity contribution in [1.82, 2.24) is 9.97 Å². The zero-order valence-electron chi connectivity index (χ0n) is 9.74. The van der Waals surface area contributed by atoms with E-state index in [-0.39, 0.29) is 0 Å². The topological polar surface area (TPSA) is 44.2 Å². The molecule has 0 aliphatic rings. The fourth-order valence-electron chi connectivity index (χ4n) is 1.63. The van der Waals surface area contributed by atoms with Crippen LogP contribution in [0.5, 0.6) is 11.5 Å². The maximum Gasteiger partial charge on any atom is 0.145 e. The monoisotopic (exact) mass is 252 g/mol. The zero-order chi connectivity index (χ0) is 12.3. The van der Waals surface area contributed by atoms with Crippen molar-refractivity contribution in [3.05, 3.63) is 23.6 Å². The van der Waals surface area contributed by atoms with Crippen molar-refractivity contribution in [3.8, 4) is 11.5 Å². The summed E-state index contributed by atoms with van der Waals surface area (Å²) in [6.45, 7) is 4.98. The zero-order valence-corrected chi connectivity index (χ0v) is 10.5. The molecule has 0 fully saturated rings. The number of rotatable bonds is 4. The minimum atomic E-state index is 0.375. The number of hydrogen-bond donors (Lipinski definition) is 0. The van der Waals surface area contributed by atoms with Gasteiger partial charge in [0.15, 0.2) is 0 Å². The summed E-state index contributed by atoms with van der Waals surface area (Å²) in [5.41, 5.74) is 0.679. The number of fused-ring (bicyclic) bond motifs is 1. The van der Waals surface area contributed by atoms with E-state index in [9.17, 15) is 0 Å². The van der Waals surface area contributed by atoms with Crippen LogP contribution >= 0.6 is 11.6 Å². The molecule has 2 aromatic rings. The average Bonchev–Trinajstić information content (AvgIpc) is 2.33. The lowest BCUT2D eigenvalue weighted by Crippen LogP contribution is -1.98. The van der Waals surface area contributed by atoms with Crippen LogP contribution < -0.4 is 9.47 Å². The van der Waals surface area contributed by atoms with Crippen molar-refractivity contribution in [3.63, 3.8) is 0 Å². The highest BCUT2D eigenvalue weighted by Gasteiger charge is 2.12. The summed E-state index contributed by atoms with van der Waals surface area (Å²) in [4.78, 5) is 8.17. The molecule has 1 aromatic carbocycles. The molecular formula is C12H13ClN2O2. The third kappa shape index (κ3) is 2.26. The largest absolute Gasteiger partial charge is 0.493 e. The highest BCUT2D eigenvalue weighted by atomic mass is 35.5. The van der Waals surface area contributed by atoms with E-state index in [1.54, 1.807) is 0 Å². The van der Waals surface area contributed by atoms with Gasteiger partial charge in [0.1, 0.15) is 28.5 Å².